The number of nitrogens with zero attached hydrogens (tertiary/aromatic N) is 2. The molecule has 0 fully saturated rings. The van der Waals surface area contributed by atoms with Gasteiger partial charge in [-0.15, -0.1) is 0 Å². The van der Waals surface area contributed by atoms with Crippen molar-refractivity contribution in [2.45, 2.75) is 13.5 Å². The highest BCUT2D eigenvalue weighted by molar-refractivity contribution is 5.98. The molecule has 1 aromatic heterocycles. The van der Waals surface area contributed by atoms with Crippen LogP contribution in [-0.2, 0) is 6.54 Å². The summed E-state index contributed by atoms with van der Waals surface area (Å²) in [4.78, 5) is 10.9. The lowest BCUT2D eigenvalue weighted by atomic mass is 10.2. The Morgan fingerprint density at radius 2 is 2.31 bits per heavy atom. The summed E-state index contributed by atoms with van der Waals surface area (Å²) in [5, 5.41) is 12.6. The zero-order valence-corrected chi connectivity index (χ0v) is 7.32. The van der Waals surface area contributed by atoms with Crippen LogP contribution < -0.4 is 11.5 Å². The average Bonchev–Trinajstić information content (AvgIpc) is 2.28. The first kappa shape index (κ1) is 9.53. The lowest BCUT2D eigenvalue weighted by Crippen LogP contribution is -2.15. The van der Waals surface area contributed by atoms with Gasteiger partial charge in [0.15, 0.2) is 0 Å². The zero-order valence-electron chi connectivity index (χ0n) is 7.32. The molecule has 0 unspecified atom stereocenters. The van der Waals surface area contributed by atoms with Crippen molar-refractivity contribution >= 4 is 11.7 Å². The lowest BCUT2D eigenvalue weighted by Gasteiger charge is -2.00. The number of carbonyl (C=O) groups is 1. The molecule has 6 nitrogen and oxygen atoms in total. The van der Waals surface area contributed by atoms with Crippen molar-refractivity contribution in [2.24, 2.45) is 5.73 Å². The summed E-state index contributed by atoms with van der Waals surface area (Å²) < 4.78 is 1.36. The molecule has 5 N–H and O–H groups in total. The Balaban J connectivity index is 3.14. The smallest absolute Gasteiger partial charge is 0.254 e. The van der Waals surface area contributed by atoms with Gasteiger partial charge in [0.2, 0.25) is 0 Å². The number of carbonyl (C=O) groups excluding carboxylic acids is 1. The molecule has 0 bridgehead atoms. The summed E-state index contributed by atoms with van der Waals surface area (Å²) in [6.45, 7) is 1.83. The van der Waals surface area contributed by atoms with E-state index in [0.29, 0.717) is 5.69 Å². The summed E-state index contributed by atoms with van der Waals surface area (Å²) in [5.74, 6) is -0.391. The van der Waals surface area contributed by atoms with Crippen molar-refractivity contribution in [2.75, 3.05) is 12.3 Å². The molecule has 13 heavy (non-hydrogen) atoms. The van der Waals surface area contributed by atoms with Crippen LogP contribution in [0.15, 0.2) is 0 Å². The van der Waals surface area contributed by atoms with Crippen LogP contribution >= 0.6 is 0 Å². The van der Waals surface area contributed by atoms with E-state index in [1.165, 1.54) is 4.68 Å². The highest BCUT2D eigenvalue weighted by Crippen LogP contribution is 2.14. The average molecular weight is 184 g/mol. The van der Waals surface area contributed by atoms with Crippen LogP contribution in [0.5, 0.6) is 0 Å². The van der Waals surface area contributed by atoms with Gasteiger partial charge in [-0.1, -0.05) is 0 Å². The van der Waals surface area contributed by atoms with Crippen molar-refractivity contribution in [3.8, 4) is 0 Å². The highest BCUT2D eigenvalue weighted by Gasteiger charge is 2.16. The number of primary amides is 1. The summed E-state index contributed by atoms with van der Waals surface area (Å²) in [6.07, 6.45) is 0. The molecule has 0 aliphatic rings. The minimum atomic E-state index is -0.598. The molecule has 72 valence electrons. The molecular formula is C7H12N4O2. The fourth-order valence-corrected chi connectivity index (χ4v) is 1.17. The van der Waals surface area contributed by atoms with Gasteiger partial charge < -0.3 is 16.6 Å². The molecule has 0 atom stereocenters. The molecule has 0 aliphatic carbocycles. The van der Waals surface area contributed by atoms with E-state index in [1.54, 1.807) is 6.92 Å². The number of aryl methyl sites for hydroxylation is 1. The zero-order chi connectivity index (χ0) is 10.0. The maximum Gasteiger partial charge on any atom is 0.254 e. The molecule has 0 saturated carbocycles. The Hall–Kier alpha value is -1.56. The van der Waals surface area contributed by atoms with Crippen LogP contribution in [0.2, 0.25) is 0 Å². The van der Waals surface area contributed by atoms with Gasteiger partial charge in [0, 0.05) is 0 Å². The summed E-state index contributed by atoms with van der Waals surface area (Å²) in [7, 11) is 0. The molecule has 0 radical (unpaired) electrons. The monoisotopic (exact) mass is 184 g/mol. The van der Waals surface area contributed by atoms with Crippen molar-refractivity contribution in [1.82, 2.24) is 9.78 Å². The van der Waals surface area contributed by atoms with Crippen molar-refractivity contribution in [3.05, 3.63) is 11.3 Å². The van der Waals surface area contributed by atoms with Crippen molar-refractivity contribution in [3.63, 3.8) is 0 Å². The molecule has 1 amide bonds. The van der Waals surface area contributed by atoms with Gasteiger partial charge in [-0.25, -0.2) is 4.68 Å². The number of aliphatic hydroxyl groups excluding tert-OH is 1. The fraction of sp³-hybridized carbons (Fsp3) is 0.429. The normalized spacial score (nSPS) is 10.3. The van der Waals surface area contributed by atoms with E-state index in [2.05, 4.69) is 5.10 Å². The van der Waals surface area contributed by atoms with E-state index in [9.17, 15) is 4.79 Å². The molecule has 1 rings (SSSR count). The predicted octanol–water partition coefficient (Wildman–Crippen LogP) is -1.14. The number of aliphatic hydroxyl groups is 1. The Morgan fingerprint density at radius 3 is 2.69 bits per heavy atom. The molecule has 0 aliphatic heterocycles. The second-order valence-electron chi connectivity index (χ2n) is 2.66. The van der Waals surface area contributed by atoms with Crippen LogP contribution in [0, 0.1) is 6.92 Å². The topological polar surface area (TPSA) is 107 Å². The third-order valence-corrected chi connectivity index (χ3v) is 1.72. The number of hydrogen-bond acceptors (Lipinski definition) is 4. The van der Waals surface area contributed by atoms with Crippen LogP contribution in [0.4, 0.5) is 5.82 Å². The van der Waals surface area contributed by atoms with E-state index in [-0.39, 0.29) is 24.5 Å². The minimum Gasteiger partial charge on any atom is -0.394 e. The van der Waals surface area contributed by atoms with E-state index in [4.69, 9.17) is 16.6 Å². The van der Waals surface area contributed by atoms with Gasteiger partial charge >= 0.3 is 0 Å². The molecule has 0 spiro atoms. The first-order chi connectivity index (χ1) is 6.07. The quantitative estimate of drug-likeness (QED) is 0.552. The van der Waals surface area contributed by atoms with Gasteiger partial charge in [-0.3, -0.25) is 4.79 Å². The standard InChI is InChI=1S/C7H12N4O2/c1-4-5(7(9)13)6(8)11(10-4)2-3-12/h12H,2-3,8H2,1H3,(H2,9,13). The van der Waals surface area contributed by atoms with Crippen molar-refractivity contribution in [1.29, 1.82) is 0 Å². The molecule has 6 heteroatoms. The predicted molar refractivity (Wildman–Crippen MR) is 47.0 cm³/mol. The largest absolute Gasteiger partial charge is 0.394 e. The third-order valence-electron chi connectivity index (χ3n) is 1.72. The Kier molecular flexibility index (Phi) is 2.52. The number of hydrogen-bond donors (Lipinski definition) is 3. The number of amides is 1. The van der Waals surface area contributed by atoms with Crippen LogP contribution in [0.25, 0.3) is 0 Å². The minimum absolute atomic E-state index is 0.0798. The number of nitrogens with two attached hydrogens (primary N) is 2. The molecule has 0 aromatic carbocycles. The third kappa shape index (κ3) is 1.62. The van der Waals surface area contributed by atoms with Gasteiger partial charge in [-0.05, 0) is 6.92 Å². The molecule has 1 heterocycles. The Bertz CT molecular complexity index is 331. The highest BCUT2D eigenvalue weighted by atomic mass is 16.3. The van der Waals surface area contributed by atoms with Crippen LogP contribution in [0.3, 0.4) is 0 Å². The summed E-state index contributed by atoms with van der Waals surface area (Å²) in [5.41, 5.74) is 11.4. The first-order valence-corrected chi connectivity index (χ1v) is 3.81. The Morgan fingerprint density at radius 1 is 1.69 bits per heavy atom. The van der Waals surface area contributed by atoms with E-state index < -0.39 is 5.91 Å². The van der Waals surface area contributed by atoms with Gasteiger partial charge in [-0.2, -0.15) is 5.10 Å². The van der Waals surface area contributed by atoms with E-state index in [1.807, 2.05) is 0 Å². The maximum atomic E-state index is 10.9. The number of anilines is 1. The van der Waals surface area contributed by atoms with E-state index >= 15 is 0 Å². The Labute approximate surface area is 75.1 Å². The molecular weight excluding hydrogens is 172 g/mol. The summed E-state index contributed by atoms with van der Waals surface area (Å²) >= 11 is 0. The van der Waals surface area contributed by atoms with Gasteiger partial charge in [0.1, 0.15) is 11.4 Å². The molecule has 0 saturated heterocycles. The van der Waals surface area contributed by atoms with Crippen LogP contribution in [-0.4, -0.2) is 27.4 Å². The van der Waals surface area contributed by atoms with Crippen LogP contribution in [0.1, 0.15) is 16.1 Å². The first-order valence-electron chi connectivity index (χ1n) is 3.81. The number of aromatic nitrogens is 2. The molecule has 1 aromatic rings. The SMILES string of the molecule is Cc1nn(CCO)c(N)c1C(N)=O. The fourth-order valence-electron chi connectivity index (χ4n) is 1.17. The number of rotatable bonds is 3. The van der Waals surface area contributed by atoms with Gasteiger partial charge in [0.05, 0.1) is 18.8 Å². The van der Waals surface area contributed by atoms with E-state index in [0.717, 1.165) is 0 Å². The summed E-state index contributed by atoms with van der Waals surface area (Å²) in [6, 6.07) is 0. The number of nitrogen functional groups attached to an aromatic ring is 1. The lowest BCUT2D eigenvalue weighted by molar-refractivity contribution is 0.100. The van der Waals surface area contributed by atoms with Gasteiger partial charge in [0.25, 0.3) is 5.91 Å². The second kappa shape index (κ2) is 3.44. The second-order valence-corrected chi connectivity index (χ2v) is 2.66. The van der Waals surface area contributed by atoms with Crippen molar-refractivity contribution < 1.29 is 9.90 Å². The maximum absolute atomic E-state index is 10.9.